The molecular formula is C13H21N3O2. The molecule has 18 heavy (non-hydrogen) atoms. The van der Waals surface area contributed by atoms with Gasteiger partial charge in [-0.05, 0) is 25.2 Å². The number of aromatic carboxylic acids is 1. The second-order valence-electron chi connectivity index (χ2n) is 5.86. The van der Waals surface area contributed by atoms with Crippen molar-refractivity contribution in [3.05, 3.63) is 11.3 Å². The van der Waals surface area contributed by atoms with Crippen molar-refractivity contribution < 1.29 is 9.90 Å². The van der Waals surface area contributed by atoms with E-state index < -0.39 is 5.97 Å². The summed E-state index contributed by atoms with van der Waals surface area (Å²) in [4.78, 5) is 13.5. The number of carboxylic acid groups (broad SMARTS) is 1. The molecule has 0 radical (unpaired) electrons. The molecule has 100 valence electrons. The maximum absolute atomic E-state index is 11.3. The lowest BCUT2D eigenvalue weighted by molar-refractivity contribution is 0.0696. The molecule has 5 nitrogen and oxygen atoms in total. The van der Waals surface area contributed by atoms with Gasteiger partial charge in [0, 0.05) is 20.1 Å². The zero-order valence-electron chi connectivity index (χ0n) is 11.5. The lowest BCUT2D eigenvalue weighted by atomic mass is 9.82. The highest BCUT2D eigenvalue weighted by atomic mass is 16.4. The van der Waals surface area contributed by atoms with E-state index in [-0.39, 0.29) is 0 Å². The summed E-state index contributed by atoms with van der Waals surface area (Å²) in [5.74, 6) is -0.143. The molecule has 0 aliphatic carbocycles. The fourth-order valence-electron chi connectivity index (χ4n) is 2.58. The minimum atomic E-state index is -0.888. The Morgan fingerprint density at radius 2 is 1.89 bits per heavy atom. The van der Waals surface area contributed by atoms with E-state index in [1.165, 1.54) is 0 Å². The Morgan fingerprint density at radius 3 is 2.39 bits per heavy atom. The molecule has 1 aliphatic heterocycles. The predicted molar refractivity (Wildman–Crippen MR) is 70.1 cm³/mol. The first-order chi connectivity index (χ1) is 8.32. The fourth-order valence-corrected chi connectivity index (χ4v) is 2.58. The average Bonchev–Trinajstić information content (AvgIpc) is 2.54. The van der Waals surface area contributed by atoms with E-state index in [1.54, 1.807) is 11.6 Å². The summed E-state index contributed by atoms with van der Waals surface area (Å²) >= 11 is 0. The fraction of sp³-hybridized carbons (Fsp3) is 0.692. The summed E-state index contributed by atoms with van der Waals surface area (Å²) in [6.45, 7) is 8.06. The van der Waals surface area contributed by atoms with Gasteiger partial charge < -0.3 is 10.0 Å². The Hall–Kier alpha value is -1.52. The zero-order valence-corrected chi connectivity index (χ0v) is 11.5. The van der Waals surface area contributed by atoms with E-state index in [0.29, 0.717) is 16.7 Å². The SMILES string of the molecule is Cc1nn(C)c(N2CCC(C)(C)CC2)c1C(=O)O. The van der Waals surface area contributed by atoms with Crippen molar-refractivity contribution >= 4 is 11.8 Å². The van der Waals surface area contributed by atoms with Crippen LogP contribution in [0.2, 0.25) is 0 Å². The lowest BCUT2D eigenvalue weighted by Gasteiger charge is -2.38. The number of anilines is 1. The molecule has 2 rings (SSSR count). The lowest BCUT2D eigenvalue weighted by Crippen LogP contribution is -2.39. The van der Waals surface area contributed by atoms with Crippen LogP contribution in [0.3, 0.4) is 0 Å². The van der Waals surface area contributed by atoms with Gasteiger partial charge in [0.1, 0.15) is 11.4 Å². The molecule has 1 fully saturated rings. The van der Waals surface area contributed by atoms with Gasteiger partial charge in [-0.3, -0.25) is 4.68 Å². The second-order valence-corrected chi connectivity index (χ2v) is 5.86. The third-order valence-electron chi connectivity index (χ3n) is 3.82. The zero-order chi connectivity index (χ0) is 13.5. The van der Waals surface area contributed by atoms with E-state index in [1.807, 2.05) is 7.05 Å². The summed E-state index contributed by atoms with van der Waals surface area (Å²) in [6.07, 6.45) is 2.16. The number of carboxylic acids is 1. The van der Waals surface area contributed by atoms with Gasteiger partial charge in [0.05, 0.1) is 5.69 Å². The molecule has 0 aromatic carbocycles. The van der Waals surface area contributed by atoms with Crippen molar-refractivity contribution in [2.75, 3.05) is 18.0 Å². The molecule has 1 aromatic heterocycles. The number of aromatic nitrogens is 2. The Morgan fingerprint density at radius 1 is 1.33 bits per heavy atom. The first kappa shape index (κ1) is 12.9. The van der Waals surface area contributed by atoms with E-state index in [9.17, 15) is 9.90 Å². The molecular weight excluding hydrogens is 230 g/mol. The molecule has 0 unspecified atom stereocenters. The van der Waals surface area contributed by atoms with E-state index in [0.717, 1.165) is 31.7 Å². The minimum absolute atomic E-state index is 0.345. The molecule has 0 atom stereocenters. The molecule has 0 amide bonds. The van der Waals surface area contributed by atoms with Crippen LogP contribution in [-0.2, 0) is 7.05 Å². The molecule has 0 saturated carbocycles. The number of hydrogen-bond donors (Lipinski definition) is 1. The quantitative estimate of drug-likeness (QED) is 0.874. The molecule has 2 heterocycles. The van der Waals surface area contributed by atoms with Crippen molar-refractivity contribution in [1.82, 2.24) is 9.78 Å². The topological polar surface area (TPSA) is 58.4 Å². The maximum atomic E-state index is 11.3. The van der Waals surface area contributed by atoms with Crippen LogP contribution in [0.4, 0.5) is 5.82 Å². The second kappa shape index (κ2) is 4.30. The van der Waals surface area contributed by atoms with Crippen molar-refractivity contribution in [2.45, 2.75) is 33.6 Å². The van der Waals surface area contributed by atoms with Gasteiger partial charge in [-0.25, -0.2) is 4.79 Å². The number of hydrogen-bond acceptors (Lipinski definition) is 3. The number of aryl methyl sites for hydroxylation is 2. The molecule has 5 heteroatoms. The number of piperidine rings is 1. The monoisotopic (exact) mass is 251 g/mol. The van der Waals surface area contributed by atoms with Gasteiger partial charge in [0.2, 0.25) is 0 Å². The van der Waals surface area contributed by atoms with Crippen molar-refractivity contribution in [2.24, 2.45) is 12.5 Å². The van der Waals surface area contributed by atoms with Gasteiger partial charge in [-0.15, -0.1) is 0 Å². The van der Waals surface area contributed by atoms with Crippen LogP contribution in [-0.4, -0.2) is 33.9 Å². The first-order valence-electron chi connectivity index (χ1n) is 6.34. The van der Waals surface area contributed by atoms with Crippen LogP contribution in [0.25, 0.3) is 0 Å². The smallest absolute Gasteiger partial charge is 0.341 e. The third-order valence-corrected chi connectivity index (χ3v) is 3.82. The van der Waals surface area contributed by atoms with Gasteiger partial charge in [-0.2, -0.15) is 5.10 Å². The van der Waals surface area contributed by atoms with Crippen molar-refractivity contribution in [3.8, 4) is 0 Å². The highest BCUT2D eigenvalue weighted by molar-refractivity contribution is 5.94. The van der Waals surface area contributed by atoms with Crippen molar-refractivity contribution in [1.29, 1.82) is 0 Å². The molecule has 1 aromatic rings. The van der Waals surface area contributed by atoms with Crippen LogP contribution in [0.1, 0.15) is 42.7 Å². The van der Waals surface area contributed by atoms with Crippen LogP contribution in [0, 0.1) is 12.3 Å². The summed E-state index contributed by atoms with van der Waals surface area (Å²) in [6, 6.07) is 0. The normalized spacial score (nSPS) is 19.0. The van der Waals surface area contributed by atoms with E-state index in [4.69, 9.17) is 0 Å². The Kier molecular flexibility index (Phi) is 3.09. The number of carbonyl (C=O) groups is 1. The van der Waals surface area contributed by atoms with Crippen molar-refractivity contribution in [3.63, 3.8) is 0 Å². The Labute approximate surface area is 107 Å². The Balaban J connectivity index is 2.32. The standard InChI is InChI=1S/C13H21N3O2/c1-9-10(12(17)18)11(15(4)14-9)16-7-5-13(2,3)6-8-16/h5-8H2,1-4H3,(H,17,18). The predicted octanol–water partition coefficient (Wildman–Crippen LogP) is 2.05. The highest BCUT2D eigenvalue weighted by Crippen LogP contribution is 2.33. The molecule has 1 aliphatic rings. The van der Waals surface area contributed by atoms with Crippen LogP contribution in [0.5, 0.6) is 0 Å². The average molecular weight is 251 g/mol. The summed E-state index contributed by atoms with van der Waals surface area (Å²) in [5.41, 5.74) is 1.29. The molecule has 0 bridgehead atoms. The molecule has 1 saturated heterocycles. The first-order valence-corrected chi connectivity index (χ1v) is 6.34. The summed E-state index contributed by atoms with van der Waals surface area (Å²) in [5, 5.41) is 13.6. The van der Waals surface area contributed by atoms with Gasteiger partial charge >= 0.3 is 5.97 Å². The van der Waals surface area contributed by atoms with E-state index in [2.05, 4.69) is 23.8 Å². The maximum Gasteiger partial charge on any atom is 0.341 e. The highest BCUT2D eigenvalue weighted by Gasteiger charge is 2.30. The van der Waals surface area contributed by atoms with Gasteiger partial charge in [0.25, 0.3) is 0 Å². The summed E-state index contributed by atoms with van der Waals surface area (Å²) < 4.78 is 1.69. The van der Waals surface area contributed by atoms with E-state index >= 15 is 0 Å². The number of rotatable bonds is 2. The van der Waals surface area contributed by atoms with Crippen LogP contribution in [0.15, 0.2) is 0 Å². The largest absolute Gasteiger partial charge is 0.477 e. The number of nitrogens with zero attached hydrogens (tertiary/aromatic N) is 3. The van der Waals surface area contributed by atoms with Gasteiger partial charge in [-0.1, -0.05) is 13.8 Å². The Bertz CT molecular complexity index is 467. The molecule has 1 N–H and O–H groups in total. The minimum Gasteiger partial charge on any atom is -0.477 e. The third kappa shape index (κ3) is 2.21. The van der Waals surface area contributed by atoms with Crippen LogP contribution < -0.4 is 4.90 Å². The summed E-state index contributed by atoms with van der Waals surface area (Å²) in [7, 11) is 1.81. The van der Waals surface area contributed by atoms with Gasteiger partial charge in [0.15, 0.2) is 0 Å². The molecule has 0 spiro atoms. The van der Waals surface area contributed by atoms with Crippen LogP contribution >= 0.6 is 0 Å².